The van der Waals surface area contributed by atoms with Crippen LogP contribution in [-0.4, -0.2) is 45.2 Å². The molecule has 226 valence electrons. The van der Waals surface area contributed by atoms with Gasteiger partial charge in [-0.15, -0.1) is 0 Å². The van der Waals surface area contributed by atoms with Gasteiger partial charge in [-0.05, 0) is 0 Å². The third-order valence-corrected chi connectivity index (χ3v) is 31.9. The summed E-state index contributed by atoms with van der Waals surface area (Å²) in [5.41, 5.74) is 0. The van der Waals surface area contributed by atoms with Gasteiger partial charge in [0.05, 0.1) is 0 Å². The molecule has 0 fully saturated rings. The van der Waals surface area contributed by atoms with E-state index >= 15 is 0 Å². The van der Waals surface area contributed by atoms with E-state index in [-0.39, 0.29) is 11.1 Å². The Labute approximate surface area is 255 Å². The minimum absolute atomic E-state index is 0.00784. The Kier molecular flexibility index (Phi) is 14.7. The predicted octanol–water partition coefficient (Wildman–Crippen LogP) is 9.95. The Morgan fingerprint density at radius 3 is 1.40 bits per heavy atom. The van der Waals surface area contributed by atoms with Crippen molar-refractivity contribution in [2.75, 3.05) is 0 Å². The Balaban J connectivity index is 2.61. The molecular weight excluding hydrogens is 627 g/mol. The SMILES string of the molecule is CCC[CH2][Sn]([CH2]CCC)([CH2]CCC)[C@H](C[C@@H](C)O[Si](c1ccccc1)(c1ccccc1)C(C)(C)C)O[Si](C)(C)C. The first kappa shape index (κ1) is 35.8. The van der Waals surface area contributed by atoms with Gasteiger partial charge >= 0.3 is 257 Å². The summed E-state index contributed by atoms with van der Waals surface area (Å²) >= 11 is -2.68. The van der Waals surface area contributed by atoms with E-state index in [9.17, 15) is 0 Å². The third kappa shape index (κ3) is 9.82. The Hall–Kier alpha value is -0.408. The van der Waals surface area contributed by atoms with Gasteiger partial charge < -0.3 is 0 Å². The molecule has 0 amide bonds. The zero-order valence-electron chi connectivity index (χ0n) is 27.8. The standard InChI is InChI=1S/C23H35O2Si2.3C4H9.Sn/c1-20(18-19-24-26(5,6)7)25-27(23(2,3)4,21-14-10-8-11-15-21)22-16-12-9-13-17-22;3*1-3-4-2;/h8-17,19-20H,18H2,1-7H3;3*1,3-4H2,2H3;/t20-;;;;/m1..../s1. The summed E-state index contributed by atoms with van der Waals surface area (Å²) in [6.07, 6.45) is 9.22. The topological polar surface area (TPSA) is 18.5 Å². The third-order valence-electron chi connectivity index (χ3n) is 8.60. The molecule has 0 radical (unpaired) electrons. The van der Waals surface area contributed by atoms with Crippen LogP contribution in [0.2, 0.25) is 38.0 Å². The van der Waals surface area contributed by atoms with E-state index < -0.39 is 35.0 Å². The minimum atomic E-state index is -2.68. The van der Waals surface area contributed by atoms with E-state index in [0.717, 1.165) is 6.42 Å². The Bertz CT molecular complexity index is 892. The van der Waals surface area contributed by atoms with E-state index in [1.807, 2.05) is 0 Å². The summed E-state index contributed by atoms with van der Waals surface area (Å²) in [7, 11) is -4.32. The fourth-order valence-electron chi connectivity index (χ4n) is 6.64. The van der Waals surface area contributed by atoms with Gasteiger partial charge in [0.2, 0.25) is 0 Å². The molecule has 0 aliphatic rings. The molecule has 2 atom stereocenters. The summed E-state index contributed by atoms with van der Waals surface area (Å²) in [6, 6.07) is 22.3. The molecule has 0 unspecified atom stereocenters. The summed E-state index contributed by atoms with van der Waals surface area (Å²) in [4.78, 5) is 0. The molecule has 2 rings (SSSR count). The fourth-order valence-corrected chi connectivity index (χ4v) is 34.0. The molecule has 0 aliphatic heterocycles. The van der Waals surface area contributed by atoms with Gasteiger partial charge in [0.25, 0.3) is 0 Å². The molecule has 0 bridgehead atoms. The first-order valence-electron chi connectivity index (χ1n) is 16.3. The van der Waals surface area contributed by atoms with Crippen LogP contribution in [0.5, 0.6) is 0 Å². The van der Waals surface area contributed by atoms with Crippen molar-refractivity contribution in [2.24, 2.45) is 0 Å². The molecule has 5 heteroatoms. The van der Waals surface area contributed by atoms with Gasteiger partial charge in [-0.25, -0.2) is 0 Å². The van der Waals surface area contributed by atoms with Crippen molar-refractivity contribution in [2.45, 2.75) is 142 Å². The molecule has 2 aromatic carbocycles. The molecule has 0 spiro atoms. The Morgan fingerprint density at radius 1 is 0.675 bits per heavy atom. The second kappa shape index (κ2) is 16.4. The summed E-state index contributed by atoms with van der Waals surface area (Å²) in [6.45, 7) is 23.9. The van der Waals surface area contributed by atoms with Crippen molar-refractivity contribution in [1.82, 2.24) is 0 Å². The van der Waals surface area contributed by atoms with Crippen LogP contribution >= 0.6 is 0 Å². The molecule has 0 saturated heterocycles. The number of hydrogen-bond donors (Lipinski definition) is 0. The summed E-state index contributed by atoms with van der Waals surface area (Å²) < 4.78 is 19.9. The zero-order chi connectivity index (χ0) is 29.9. The molecule has 2 nitrogen and oxygen atoms in total. The number of unbranched alkanes of at least 4 members (excludes halogenated alkanes) is 3. The summed E-state index contributed by atoms with van der Waals surface area (Å²) in [5, 5.41) is 2.74. The molecule has 0 heterocycles. The van der Waals surface area contributed by atoms with E-state index in [1.165, 1.54) is 62.2 Å². The monoisotopic (exact) mass is 690 g/mol. The molecule has 0 aliphatic carbocycles. The van der Waals surface area contributed by atoms with Crippen LogP contribution in [0, 0.1) is 0 Å². The van der Waals surface area contributed by atoms with E-state index in [1.54, 1.807) is 0 Å². The van der Waals surface area contributed by atoms with Gasteiger partial charge in [-0.1, -0.05) is 0 Å². The van der Waals surface area contributed by atoms with Gasteiger partial charge in [0.1, 0.15) is 0 Å². The number of benzene rings is 2. The fraction of sp³-hybridized carbons (Fsp3) is 0.657. The molecule has 0 N–H and O–H groups in total. The first-order valence-corrected chi connectivity index (χ1v) is 29.3. The molecule has 40 heavy (non-hydrogen) atoms. The van der Waals surface area contributed by atoms with Crippen molar-refractivity contribution < 1.29 is 8.85 Å². The first-order chi connectivity index (χ1) is 18.8. The quantitative estimate of drug-likeness (QED) is 0.145. The van der Waals surface area contributed by atoms with Gasteiger partial charge in [0.15, 0.2) is 0 Å². The van der Waals surface area contributed by atoms with Crippen LogP contribution in [-0.2, 0) is 8.85 Å². The van der Waals surface area contributed by atoms with Crippen molar-refractivity contribution in [1.29, 1.82) is 0 Å². The van der Waals surface area contributed by atoms with E-state index in [0.29, 0.717) is 4.12 Å². The van der Waals surface area contributed by atoms with Crippen molar-refractivity contribution in [3.8, 4) is 0 Å². The summed E-state index contributed by atoms with van der Waals surface area (Å²) in [5.74, 6) is 0. The van der Waals surface area contributed by atoms with Gasteiger partial charge in [0, 0.05) is 0 Å². The van der Waals surface area contributed by atoms with Crippen molar-refractivity contribution in [3.05, 3.63) is 60.7 Å². The van der Waals surface area contributed by atoms with Gasteiger partial charge in [-0.2, -0.15) is 0 Å². The van der Waals surface area contributed by atoms with E-state index in [2.05, 4.69) is 129 Å². The predicted molar refractivity (Wildman–Crippen MR) is 186 cm³/mol. The van der Waals surface area contributed by atoms with Crippen molar-refractivity contribution in [3.63, 3.8) is 0 Å². The second-order valence-electron chi connectivity index (χ2n) is 14.2. The number of hydrogen-bond acceptors (Lipinski definition) is 2. The molecular formula is C35H62O2Si2Sn. The Morgan fingerprint density at radius 2 is 1.07 bits per heavy atom. The molecule has 0 saturated carbocycles. The van der Waals surface area contributed by atoms with Crippen LogP contribution in [0.15, 0.2) is 60.7 Å². The molecule has 2 aromatic rings. The maximum atomic E-state index is 7.64. The molecule has 0 aromatic heterocycles. The zero-order valence-corrected chi connectivity index (χ0v) is 32.7. The van der Waals surface area contributed by atoms with Crippen LogP contribution in [0.25, 0.3) is 0 Å². The maximum absolute atomic E-state index is 7.64. The average Bonchev–Trinajstić information content (AvgIpc) is 2.90. The van der Waals surface area contributed by atoms with Crippen LogP contribution < -0.4 is 10.4 Å². The van der Waals surface area contributed by atoms with E-state index in [4.69, 9.17) is 8.85 Å². The number of rotatable bonds is 18. The normalized spacial score (nSPS) is 14.8. The average molecular weight is 690 g/mol. The second-order valence-corrected chi connectivity index (χ2v) is 36.8. The van der Waals surface area contributed by atoms with Crippen LogP contribution in [0.4, 0.5) is 0 Å². The van der Waals surface area contributed by atoms with Crippen LogP contribution in [0.1, 0.15) is 93.4 Å². The van der Waals surface area contributed by atoms with Crippen molar-refractivity contribution >= 4 is 45.4 Å². The van der Waals surface area contributed by atoms with Gasteiger partial charge in [-0.3, -0.25) is 0 Å². The van der Waals surface area contributed by atoms with Crippen LogP contribution in [0.3, 0.4) is 0 Å².